The largest absolute Gasteiger partial charge is 0.454 e. The lowest BCUT2D eigenvalue weighted by atomic mass is 9.90. The van der Waals surface area contributed by atoms with E-state index in [0.717, 1.165) is 30.8 Å². The molecular formula is C13H17NO2. The lowest BCUT2D eigenvalue weighted by Crippen LogP contribution is -2.38. The van der Waals surface area contributed by atoms with Gasteiger partial charge in [0.1, 0.15) is 0 Å². The van der Waals surface area contributed by atoms with E-state index in [1.807, 2.05) is 6.07 Å². The molecule has 86 valence electrons. The predicted octanol–water partition coefficient (Wildman–Crippen LogP) is 2.23. The minimum Gasteiger partial charge on any atom is -0.454 e. The van der Waals surface area contributed by atoms with E-state index in [-0.39, 0.29) is 5.54 Å². The normalized spacial score (nSPS) is 21.3. The zero-order valence-electron chi connectivity index (χ0n) is 9.37. The fraction of sp³-hybridized carbons (Fsp3) is 0.538. The van der Waals surface area contributed by atoms with E-state index in [1.165, 1.54) is 18.4 Å². The van der Waals surface area contributed by atoms with Gasteiger partial charge in [-0.15, -0.1) is 0 Å². The molecule has 2 aliphatic rings. The maximum Gasteiger partial charge on any atom is 0.231 e. The standard InChI is InChI=1S/C13H17NO2/c14-13(5-1-2-6-13)8-10-3-4-11-12(7-10)16-9-15-11/h3-4,7H,1-2,5-6,8-9,14H2. The van der Waals surface area contributed by atoms with Gasteiger partial charge in [0.2, 0.25) is 6.79 Å². The molecule has 1 aromatic carbocycles. The summed E-state index contributed by atoms with van der Waals surface area (Å²) in [4.78, 5) is 0. The van der Waals surface area contributed by atoms with E-state index in [4.69, 9.17) is 15.2 Å². The Hall–Kier alpha value is -1.22. The maximum atomic E-state index is 6.36. The molecule has 1 saturated carbocycles. The summed E-state index contributed by atoms with van der Waals surface area (Å²) in [6.45, 7) is 0.340. The van der Waals surface area contributed by atoms with Crippen molar-refractivity contribution < 1.29 is 9.47 Å². The Bertz CT molecular complexity index is 397. The molecule has 0 unspecified atom stereocenters. The Balaban J connectivity index is 1.80. The molecule has 2 N–H and O–H groups in total. The van der Waals surface area contributed by atoms with Crippen LogP contribution < -0.4 is 15.2 Å². The highest BCUT2D eigenvalue weighted by molar-refractivity contribution is 5.44. The molecule has 0 saturated heterocycles. The van der Waals surface area contributed by atoms with Crippen molar-refractivity contribution in [3.63, 3.8) is 0 Å². The summed E-state index contributed by atoms with van der Waals surface area (Å²) in [7, 11) is 0. The third kappa shape index (κ3) is 1.76. The van der Waals surface area contributed by atoms with Gasteiger partial charge in [-0.1, -0.05) is 18.9 Å². The van der Waals surface area contributed by atoms with E-state index in [1.54, 1.807) is 0 Å². The first-order valence-corrected chi connectivity index (χ1v) is 5.93. The van der Waals surface area contributed by atoms with Crippen LogP contribution in [0.1, 0.15) is 31.2 Å². The summed E-state index contributed by atoms with van der Waals surface area (Å²) in [5.74, 6) is 1.71. The molecule has 1 heterocycles. The number of ether oxygens (including phenoxy) is 2. The highest BCUT2D eigenvalue weighted by Crippen LogP contribution is 2.35. The van der Waals surface area contributed by atoms with Crippen molar-refractivity contribution in [2.24, 2.45) is 5.73 Å². The molecule has 0 amide bonds. The van der Waals surface area contributed by atoms with Gasteiger partial charge in [0.15, 0.2) is 11.5 Å². The van der Waals surface area contributed by atoms with Gasteiger partial charge in [0.05, 0.1) is 0 Å². The average Bonchev–Trinajstić information content (AvgIpc) is 2.86. The van der Waals surface area contributed by atoms with Gasteiger partial charge in [0.25, 0.3) is 0 Å². The van der Waals surface area contributed by atoms with Crippen LogP contribution in [0.15, 0.2) is 18.2 Å². The van der Waals surface area contributed by atoms with Crippen molar-refractivity contribution in [1.29, 1.82) is 0 Å². The van der Waals surface area contributed by atoms with Crippen molar-refractivity contribution >= 4 is 0 Å². The monoisotopic (exact) mass is 219 g/mol. The number of hydrogen-bond acceptors (Lipinski definition) is 3. The summed E-state index contributed by atoms with van der Waals surface area (Å²) in [6.07, 6.45) is 5.76. The molecule has 1 aliphatic carbocycles. The molecule has 0 bridgehead atoms. The quantitative estimate of drug-likeness (QED) is 0.829. The van der Waals surface area contributed by atoms with Crippen molar-refractivity contribution in [2.45, 2.75) is 37.6 Å². The molecule has 0 atom stereocenters. The van der Waals surface area contributed by atoms with E-state index >= 15 is 0 Å². The third-order valence-corrected chi connectivity index (χ3v) is 3.59. The van der Waals surface area contributed by atoms with Crippen LogP contribution >= 0.6 is 0 Å². The summed E-state index contributed by atoms with van der Waals surface area (Å²) in [5, 5.41) is 0. The minimum absolute atomic E-state index is 0.00764. The number of benzene rings is 1. The van der Waals surface area contributed by atoms with Crippen molar-refractivity contribution in [2.75, 3.05) is 6.79 Å². The molecule has 3 heteroatoms. The molecule has 0 radical (unpaired) electrons. The molecular weight excluding hydrogens is 202 g/mol. The SMILES string of the molecule is NC1(Cc2ccc3c(c2)OCO3)CCCC1. The van der Waals surface area contributed by atoms with Gasteiger partial charge >= 0.3 is 0 Å². The Morgan fingerprint density at radius 3 is 2.69 bits per heavy atom. The second-order valence-electron chi connectivity index (χ2n) is 4.93. The van der Waals surface area contributed by atoms with E-state index in [9.17, 15) is 0 Å². The number of nitrogens with two attached hydrogens (primary N) is 1. The Morgan fingerprint density at radius 1 is 1.12 bits per heavy atom. The van der Waals surface area contributed by atoms with Crippen LogP contribution in [0.2, 0.25) is 0 Å². The Kier molecular flexibility index (Phi) is 2.28. The highest BCUT2D eigenvalue weighted by Gasteiger charge is 2.29. The maximum absolute atomic E-state index is 6.36. The van der Waals surface area contributed by atoms with Crippen LogP contribution in [-0.2, 0) is 6.42 Å². The van der Waals surface area contributed by atoms with Crippen LogP contribution in [0.4, 0.5) is 0 Å². The third-order valence-electron chi connectivity index (χ3n) is 3.59. The summed E-state index contributed by atoms with van der Waals surface area (Å²) >= 11 is 0. The summed E-state index contributed by atoms with van der Waals surface area (Å²) < 4.78 is 10.7. The van der Waals surface area contributed by atoms with E-state index < -0.39 is 0 Å². The molecule has 1 aromatic rings. The number of fused-ring (bicyclic) bond motifs is 1. The highest BCUT2D eigenvalue weighted by atomic mass is 16.7. The molecule has 0 aromatic heterocycles. The first-order valence-electron chi connectivity index (χ1n) is 5.93. The summed E-state index contributed by atoms with van der Waals surface area (Å²) in [5.41, 5.74) is 7.63. The van der Waals surface area contributed by atoms with E-state index in [2.05, 4.69) is 12.1 Å². The smallest absolute Gasteiger partial charge is 0.231 e. The van der Waals surface area contributed by atoms with Crippen molar-refractivity contribution in [1.82, 2.24) is 0 Å². The topological polar surface area (TPSA) is 44.5 Å². The molecule has 0 spiro atoms. The van der Waals surface area contributed by atoms with Crippen LogP contribution in [0, 0.1) is 0 Å². The second-order valence-corrected chi connectivity index (χ2v) is 4.93. The first-order chi connectivity index (χ1) is 7.75. The number of hydrogen-bond donors (Lipinski definition) is 1. The van der Waals surface area contributed by atoms with Gasteiger partial charge in [-0.2, -0.15) is 0 Å². The van der Waals surface area contributed by atoms with Crippen molar-refractivity contribution in [3.05, 3.63) is 23.8 Å². The van der Waals surface area contributed by atoms with Crippen LogP contribution in [0.3, 0.4) is 0 Å². The molecule has 3 rings (SSSR count). The van der Waals surface area contributed by atoms with Gasteiger partial charge in [0, 0.05) is 5.54 Å². The second kappa shape index (κ2) is 3.67. The fourth-order valence-corrected chi connectivity index (χ4v) is 2.71. The van der Waals surface area contributed by atoms with Gasteiger partial charge in [-0.05, 0) is 37.0 Å². The lowest BCUT2D eigenvalue weighted by Gasteiger charge is -2.23. The molecule has 3 nitrogen and oxygen atoms in total. The molecule has 1 aliphatic heterocycles. The van der Waals surface area contributed by atoms with Gasteiger partial charge in [-0.3, -0.25) is 0 Å². The molecule has 1 fully saturated rings. The first kappa shape index (κ1) is 9.97. The minimum atomic E-state index is 0.00764. The zero-order valence-corrected chi connectivity index (χ0v) is 9.37. The Morgan fingerprint density at radius 2 is 1.88 bits per heavy atom. The summed E-state index contributed by atoms with van der Waals surface area (Å²) in [6, 6.07) is 6.14. The molecule has 16 heavy (non-hydrogen) atoms. The zero-order chi connectivity index (χ0) is 11.0. The van der Waals surface area contributed by atoms with Crippen LogP contribution in [0.5, 0.6) is 11.5 Å². The van der Waals surface area contributed by atoms with Crippen LogP contribution in [0.25, 0.3) is 0 Å². The van der Waals surface area contributed by atoms with E-state index in [0.29, 0.717) is 6.79 Å². The Labute approximate surface area is 95.5 Å². The lowest BCUT2D eigenvalue weighted by molar-refractivity contribution is 0.174. The number of rotatable bonds is 2. The van der Waals surface area contributed by atoms with Crippen molar-refractivity contribution in [3.8, 4) is 11.5 Å². The van der Waals surface area contributed by atoms with Gasteiger partial charge in [-0.25, -0.2) is 0 Å². The fourth-order valence-electron chi connectivity index (χ4n) is 2.71. The predicted molar refractivity (Wildman–Crippen MR) is 61.7 cm³/mol. The average molecular weight is 219 g/mol. The van der Waals surface area contributed by atoms with Crippen LogP contribution in [-0.4, -0.2) is 12.3 Å². The van der Waals surface area contributed by atoms with Gasteiger partial charge < -0.3 is 15.2 Å².